The van der Waals surface area contributed by atoms with Crippen LogP contribution in [0, 0.1) is 5.92 Å². The van der Waals surface area contributed by atoms with Crippen LogP contribution in [0.15, 0.2) is 42.0 Å². The number of aliphatic hydroxyl groups is 1. The van der Waals surface area contributed by atoms with Gasteiger partial charge in [-0.3, -0.25) is 4.79 Å². The summed E-state index contributed by atoms with van der Waals surface area (Å²) in [7, 11) is 0. The molecule has 1 amide bonds. The quantitative estimate of drug-likeness (QED) is 0.785. The van der Waals surface area contributed by atoms with Crippen LogP contribution >= 0.6 is 0 Å². The first-order chi connectivity index (χ1) is 8.06. The van der Waals surface area contributed by atoms with Crippen molar-refractivity contribution in [3.63, 3.8) is 0 Å². The Labute approximate surface area is 102 Å². The molecule has 1 aromatic carbocycles. The molecule has 3 heteroatoms. The van der Waals surface area contributed by atoms with Crippen LogP contribution in [0.25, 0.3) is 0 Å². The molecule has 3 nitrogen and oxygen atoms in total. The number of hydrogen-bond acceptors (Lipinski definition) is 2. The molecule has 92 valence electrons. The SMILES string of the molecule is C/C=C(\C)[C@H](C)[C@@H](O)C(=O)Nc1ccccc1. The molecule has 0 aliphatic heterocycles. The number of carbonyl (C=O) groups is 1. The number of allylic oxidation sites excluding steroid dienone is 1. The lowest BCUT2D eigenvalue weighted by Crippen LogP contribution is -2.33. The van der Waals surface area contributed by atoms with Gasteiger partial charge in [-0.25, -0.2) is 0 Å². The van der Waals surface area contributed by atoms with Gasteiger partial charge in [-0.2, -0.15) is 0 Å². The molecule has 0 aliphatic rings. The van der Waals surface area contributed by atoms with Crippen LogP contribution in [0.3, 0.4) is 0 Å². The Balaban J connectivity index is 2.65. The van der Waals surface area contributed by atoms with Gasteiger partial charge < -0.3 is 10.4 Å². The minimum absolute atomic E-state index is 0.177. The summed E-state index contributed by atoms with van der Waals surface area (Å²) in [6.45, 7) is 5.64. The van der Waals surface area contributed by atoms with Gasteiger partial charge in [-0.1, -0.05) is 36.8 Å². The van der Waals surface area contributed by atoms with E-state index in [1.165, 1.54) is 0 Å². The fraction of sp³-hybridized carbons (Fsp3) is 0.357. The molecular formula is C14H19NO2. The number of rotatable bonds is 4. The molecule has 0 saturated heterocycles. The van der Waals surface area contributed by atoms with Crippen molar-refractivity contribution in [3.8, 4) is 0 Å². The molecule has 0 heterocycles. The Morgan fingerprint density at radius 1 is 1.35 bits per heavy atom. The van der Waals surface area contributed by atoms with Gasteiger partial charge in [0.15, 0.2) is 0 Å². The number of carbonyl (C=O) groups excluding carboxylic acids is 1. The Hall–Kier alpha value is -1.61. The van der Waals surface area contributed by atoms with Crippen molar-refractivity contribution in [1.82, 2.24) is 0 Å². The molecule has 0 radical (unpaired) electrons. The van der Waals surface area contributed by atoms with Gasteiger partial charge in [0.1, 0.15) is 6.10 Å². The van der Waals surface area contributed by atoms with E-state index in [-0.39, 0.29) is 11.8 Å². The molecule has 0 aliphatic carbocycles. The third-order valence-corrected chi connectivity index (χ3v) is 2.96. The molecule has 0 saturated carbocycles. The van der Waals surface area contributed by atoms with E-state index in [1.807, 2.05) is 45.0 Å². The molecule has 17 heavy (non-hydrogen) atoms. The summed E-state index contributed by atoms with van der Waals surface area (Å²) in [5, 5.41) is 12.6. The lowest BCUT2D eigenvalue weighted by Gasteiger charge is -2.19. The van der Waals surface area contributed by atoms with Gasteiger partial charge in [0.25, 0.3) is 5.91 Å². The summed E-state index contributed by atoms with van der Waals surface area (Å²) in [6.07, 6.45) is 0.885. The summed E-state index contributed by atoms with van der Waals surface area (Å²) in [5.41, 5.74) is 1.70. The van der Waals surface area contributed by atoms with E-state index in [0.717, 1.165) is 5.57 Å². The standard InChI is InChI=1S/C14H19NO2/c1-4-10(2)11(3)13(16)14(17)15-12-8-6-5-7-9-12/h4-9,11,13,16H,1-3H3,(H,15,17)/b10-4+/t11-,13+/m0/s1. The molecule has 0 spiro atoms. The van der Waals surface area contributed by atoms with Crippen molar-refractivity contribution >= 4 is 11.6 Å². The van der Waals surface area contributed by atoms with Crippen LogP contribution < -0.4 is 5.32 Å². The second kappa shape index (κ2) is 6.21. The van der Waals surface area contributed by atoms with Crippen LogP contribution in [0.5, 0.6) is 0 Å². The smallest absolute Gasteiger partial charge is 0.253 e. The lowest BCUT2D eigenvalue weighted by atomic mass is 9.95. The Morgan fingerprint density at radius 2 is 1.94 bits per heavy atom. The third kappa shape index (κ3) is 3.71. The molecule has 1 rings (SSSR count). The van der Waals surface area contributed by atoms with Gasteiger partial charge in [-0.15, -0.1) is 0 Å². The van der Waals surface area contributed by atoms with Crippen molar-refractivity contribution in [2.75, 3.05) is 5.32 Å². The zero-order valence-electron chi connectivity index (χ0n) is 10.5. The van der Waals surface area contributed by atoms with Crippen LogP contribution in [-0.2, 0) is 4.79 Å². The largest absolute Gasteiger partial charge is 0.383 e. The molecule has 2 N–H and O–H groups in total. The van der Waals surface area contributed by atoms with Crippen molar-refractivity contribution in [1.29, 1.82) is 0 Å². The Morgan fingerprint density at radius 3 is 2.47 bits per heavy atom. The summed E-state index contributed by atoms with van der Waals surface area (Å²) in [5.74, 6) is -0.548. The van der Waals surface area contributed by atoms with Crippen LogP contribution in [0.2, 0.25) is 0 Å². The summed E-state index contributed by atoms with van der Waals surface area (Å²) >= 11 is 0. The Bertz CT molecular complexity index is 398. The van der Waals surface area contributed by atoms with E-state index >= 15 is 0 Å². The maximum absolute atomic E-state index is 11.8. The zero-order chi connectivity index (χ0) is 12.8. The normalized spacial score (nSPS) is 15.2. The third-order valence-electron chi connectivity index (χ3n) is 2.96. The summed E-state index contributed by atoms with van der Waals surface area (Å²) in [4.78, 5) is 11.8. The number of amides is 1. The van der Waals surface area contributed by atoms with Gasteiger partial charge >= 0.3 is 0 Å². The van der Waals surface area contributed by atoms with E-state index in [4.69, 9.17) is 0 Å². The Kier molecular flexibility index (Phi) is 4.91. The number of para-hydroxylation sites is 1. The fourth-order valence-electron chi connectivity index (χ4n) is 1.48. The highest BCUT2D eigenvalue weighted by atomic mass is 16.3. The number of aliphatic hydroxyl groups excluding tert-OH is 1. The predicted octanol–water partition coefficient (Wildman–Crippen LogP) is 2.59. The van der Waals surface area contributed by atoms with Crippen molar-refractivity contribution in [2.45, 2.75) is 26.9 Å². The van der Waals surface area contributed by atoms with Gasteiger partial charge in [0, 0.05) is 11.6 Å². The van der Waals surface area contributed by atoms with Crippen molar-refractivity contribution in [3.05, 3.63) is 42.0 Å². The molecule has 0 unspecified atom stereocenters. The number of anilines is 1. The molecule has 1 aromatic rings. The van der Waals surface area contributed by atoms with Gasteiger partial charge in [-0.05, 0) is 26.0 Å². The van der Waals surface area contributed by atoms with Crippen molar-refractivity contribution < 1.29 is 9.90 Å². The summed E-state index contributed by atoms with van der Waals surface area (Å²) < 4.78 is 0. The number of nitrogens with one attached hydrogen (secondary N) is 1. The number of hydrogen-bond donors (Lipinski definition) is 2. The highest BCUT2D eigenvalue weighted by Crippen LogP contribution is 2.16. The second-order valence-corrected chi connectivity index (χ2v) is 4.12. The second-order valence-electron chi connectivity index (χ2n) is 4.12. The highest BCUT2D eigenvalue weighted by Gasteiger charge is 2.23. The first kappa shape index (κ1) is 13.5. The first-order valence-electron chi connectivity index (χ1n) is 5.73. The molecule has 0 aromatic heterocycles. The van der Waals surface area contributed by atoms with E-state index in [0.29, 0.717) is 5.69 Å². The van der Waals surface area contributed by atoms with E-state index in [9.17, 15) is 9.90 Å². The minimum Gasteiger partial charge on any atom is -0.383 e. The zero-order valence-corrected chi connectivity index (χ0v) is 10.5. The average Bonchev–Trinajstić information content (AvgIpc) is 2.37. The topological polar surface area (TPSA) is 49.3 Å². The summed E-state index contributed by atoms with van der Waals surface area (Å²) in [6, 6.07) is 9.12. The van der Waals surface area contributed by atoms with Crippen LogP contribution in [-0.4, -0.2) is 17.1 Å². The van der Waals surface area contributed by atoms with Gasteiger partial charge in [0.2, 0.25) is 0 Å². The predicted molar refractivity (Wildman–Crippen MR) is 69.7 cm³/mol. The van der Waals surface area contributed by atoms with E-state index < -0.39 is 6.10 Å². The first-order valence-corrected chi connectivity index (χ1v) is 5.73. The molecule has 0 bridgehead atoms. The maximum atomic E-state index is 11.8. The average molecular weight is 233 g/mol. The van der Waals surface area contributed by atoms with Gasteiger partial charge in [0.05, 0.1) is 0 Å². The minimum atomic E-state index is -1.02. The fourth-order valence-corrected chi connectivity index (χ4v) is 1.48. The molecule has 0 fully saturated rings. The lowest BCUT2D eigenvalue weighted by molar-refractivity contribution is -0.125. The van der Waals surface area contributed by atoms with E-state index in [2.05, 4.69) is 5.32 Å². The highest BCUT2D eigenvalue weighted by molar-refractivity contribution is 5.94. The maximum Gasteiger partial charge on any atom is 0.253 e. The molecular weight excluding hydrogens is 214 g/mol. The van der Waals surface area contributed by atoms with Crippen LogP contribution in [0.1, 0.15) is 20.8 Å². The molecule has 2 atom stereocenters. The van der Waals surface area contributed by atoms with E-state index in [1.54, 1.807) is 12.1 Å². The van der Waals surface area contributed by atoms with Crippen LogP contribution in [0.4, 0.5) is 5.69 Å². The van der Waals surface area contributed by atoms with Crippen molar-refractivity contribution in [2.24, 2.45) is 5.92 Å². The number of benzene rings is 1. The monoisotopic (exact) mass is 233 g/mol.